The summed E-state index contributed by atoms with van der Waals surface area (Å²) in [6, 6.07) is 14.8. The average Bonchev–Trinajstić information content (AvgIpc) is 3.19. The first-order valence-corrected chi connectivity index (χ1v) is 9.16. The van der Waals surface area contributed by atoms with Gasteiger partial charge in [0.2, 0.25) is 5.41 Å². The number of hydrogen-bond acceptors (Lipinski definition) is 7. The Morgan fingerprint density at radius 3 is 2.10 bits per heavy atom. The van der Waals surface area contributed by atoms with Gasteiger partial charge in [-0.2, -0.15) is 0 Å². The van der Waals surface area contributed by atoms with Crippen molar-refractivity contribution in [2.75, 3.05) is 20.8 Å². The van der Waals surface area contributed by atoms with Gasteiger partial charge in [0, 0.05) is 12.1 Å². The second-order valence-corrected chi connectivity index (χ2v) is 6.80. The Kier molecular flexibility index (Phi) is 5.98. The van der Waals surface area contributed by atoms with Gasteiger partial charge < -0.3 is 14.2 Å². The van der Waals surface area contributed by atoms with Crippen LogP contribution in [0.2, 0.25) is 0 Å². The molecule has 1 atom stereocenters. The first-order valence-electron chi connectivity index (χ1n) is 9.16. The summed E-state index contributed by atoms with van der Waals surface area (Å²) in [5.41, 5.74) is 0.366. The molecule has 2 aromatic rings. The van der Waals surface area contributed by atoms with Crippen LogP contribution in [0.1, 0.15) is 24.2 Å². The number of esters is 2. The van der Waals surface area contributed by atoms with Crippen LogP contribution in [-0.2, 0) is 23.8 Å². The lowest BCUT2D eigenvalue weighted by Gasteiger charge is -2.30. The lowest BCUT2D eigenvalue weighted by molar-refractivity contribution is -0.384. The fourth-order valence-electron chi connectivity index (χ4n) is 3.81. The Labute approximate surface area is 173 Å². The minimum Gasteiger partial charge on any atom is -0.468 e. The smallest absolute Gasteiger partial charge is 0.330 e. The molecule has 0 bridgehead atoms. The van der Waals surface area contributed by atoms with Crippen LogP contribution in [0.25, 0.3) is 5.57 Å². The van der Waals surface area contributed by atoms with Crippen LogP contribution < -0.4 is 0 Å². The first-order chi connectivity index (χ1) is 14.4. The monoisotopic (exact) mass is 411 g/mol. The van der Waals surface area contributed by atoms with Gasteiger partial charge in [-0.1, -0.05) is 30.3 Å². The van der Waals surface area contributed by atoms with Gasteiger partial charge in [-0.3, -0.25) is 19.7 Å². The van der Waals surface area contributed by atoms with Gasteiger partial charge in [0.25, 0.3) is 5.69 Å². The molecule has 2 aromatic carbocycles. The quantitative estimate of drug-likeness (QED) is 0.321. The molecule has 0 radical (unpaired) electrons. The Balaban J connectivity index is 2.24. The highest BCUT2D eigenvalue weighted by Crippen LogP contribution is 2.52. The van der Waals surface area contributed by atoms with E-state index in [0.29, 0.717) is 16.7 Å². The zero-order chi connectivity index (χ0) is 21.9. The van der Waals surface area contributed by atoms with E-state index in [1.165, 1.54) is 38.5 Å². The number of rotatable bonds is 5. The molecule has 3 rings (SSSR count). The Hall–Kier alpha value is -3.52. The van der Waals surface area contributed by atoms with Gasteiger partial charge in [-0.05, 0) is 41.3 Å². The Bertz CT molecular complexity index is 980. The van der Waals surface area contributed by atoms with Crippen LogP contribution in [0.3, 0.4) is 0 Å². The molecule has 1 aliphatic heterocycles. The Morgan fingerprint density at radius 1 is 1.03 bits per heavy atom. The van der Waals surface area contributed by atoms with E-state index < -0.39 is 28.4 Å². The van der Waals surface area contributed by atoms with E-state index in [1.54, 1.807) is 6.92 Å². The van der Waals surface area contributed by atoms with Crippen LogP contribution >= 0.6 is 0 Å². The molecule has 30 heavy (non-hydrogen) atoms. The zero-order valence-electron chi connectivity index (χ0n) is 16.8. The standard InChI is InChI=1S/C22H21NO7/c1-14(15-7-5-4-6-8-15)18-13-30-19(16-9-11-17(12-10-16)23(26)27)22(18,20(24)28-2)21(25)29-3/h4-12,19H,13H2,1-3H3/b18-14+. The van der Waals surface area contributed by atoms with Crippen LogP contribution in [0.15, 0.2) is 60.2 Å². The van der Waals surface area contributed by atoms with Crippen molar-refractivity contribution in [2.24, 2.45) is 5.41 Å². The fourth-order valence-corrected chi connectivity index (χ4v) is 3.81. The van der Waals surface area contributed by atoms with E-state index >= 15 is 0 Å². The molecule has 1 unspecified atom stereocenters. The van der Waals surface area contributed by atoms with Crippen molar-refractivity contribution in [3.05, 3.63) is 81.4 Å². The van der Waals surface area contributed by atoms with Crippen molar-refractivity contribution in [3.63, 3.8) is 0 Å². The van der Waals surface area contributed by atoms with Gasteiger partial charge in [-0.25, -0.2) is 0 Å². The topological polar surface area (TPSA) is 105 Å². The molecular weight excluding hydrogens is 390 g/mol. The molecule has 1 saturated heterocycles. The van der Waals surface area contributed by atoms with E-state index in [4.69, 9.17) is 14.2 Å². The highest BCUT2D eigenvalue weighted by molar-refractivity contribution is 6.07. The predicted molar refractivity (Wildman–Crippen MR) is 107 cm³/mol. The zero-order valence-corrected chi connectivity index (χ0v) is 16.8. The van der Waals surface area contributed by atoms with Gasteiger partial charge >= 0.3 is 11.9 Å². The van der Waals surface area contributed by atoms with Crippen LogP contribution in [-0.4, -0.2) is 37.7 Å². The number of allylic oxidation sites excluding steroid dienone is 1. The maximum atomic E-state index is 13.1. The van der Waals surface area contributed by atoms with Crippen molar-refractivity contribution in [1.82, 2.24) is 0 Å². The van der Waals surface area contributed by atoms with Crippen molar-refractivity contribution < 1.29 is 28.7 Å². The second-order valence-electron chi connectivity index (χ2n) is 6.80. The molecule has 8 heteroatoms. The maximum absolute atomic E-state index is 13.1. The number of carbonyl (C=O) groups is 2. The Morgan fingerprint density at radius 2 is 1.60 bits per heavy atom. The summed E-state index contributed by atoms with van der Waals surface area (Å²) in [5, 5.41) is 11.0. The number of hydrogen-bond donors (Lipinski definition) is 0. The largest absolute Gasteiger partial charge is 0.468 e. The van der Waals surface area contributed by atoms with Crippen LogP contribution in [0.5, 0.6) is 0 Å². The minimum absolute atomic E-state index is 0.00736. The molecular formula is C22H21NO7. The number of nitro groups is 1. The molecule has 1 fully saturated rings. The summed E-state index contributed by atoms with van der Waals surface area (Å²) in [6.07, 6.45) is -1.06. The molecule has 0 saturated carbocycles. The summed E-state index contributed by atoms with van der Waals surface area (Å²) in [7, 11) is 2.38. The molecule has 0 amide bonds. The predicted octanol–water partition coefficient (Wildman–Crippen LogP) is 3.47. The van der Waals surface area contributed by atoms with Crippen molar-refractivity contribution in [2.45, 2.75) is 13.0 Å². The molecule has 8 nitrogen and oxygen atoms in total. The van der Waals surface area contributed by atoms with E-state index in [0.717, 1.165) is 5.56 Å². The van der Waals surface area contributed by atoms with E-state index in [-0.39, 0.29) is 12.3 Å². The molecule has 0 spiro atoms. The number of non-ortho nitro benzene ring substituents is 1. The molecule has 1 aliphatic rings. The van der Waals surface area contributed by atoms with Gasteiger partial charge in [0.15, 0.2) is 0 Å². The third kappa shape index (κ3) is 3.35. The van der Waals surface area contributed by atoms with Crippen LogP contribution in [0, 0.1) is 15.5 Å². The summed E-state index contributed by atoms with van der Waals surface area (Å²) >= 11 is 0. The number of methoxy groups -OCH3 is 2. The molecule has 156 valence electrons. The summed E-state index contributed by atoms with van der Waals surface area (Å²) in [4.78, 5) is 36.6. The van der Waals surface area contributed by atoms with E-state index in [2.05, 4.69) is 0 Å². The average molecular weight is 411 g/mol. The van der Waals surface area contributed by atoms with Gasteiger partial charge in [0.1, 0.15) is 6.10 Å². The normalized spacial score (nSPS) is 19.1. The number of nitrogens with zero attached hydrogens (tertiary/aromatic N) is 1. The van der Waals surface area contributed by atoms with Crippen molar-refractivity contribution >= 4 is 23.2 Å². The first kappa shape index (κ1) is 21.2. The van der Waals surface area contributed by atoms with Gasteiger partial charge in [0.05, 0.1) is 25.7 Å². The highest BCUT2D eigenvalue weighted by atomic mass is 16.6. The number of carbonyl (C=O) groups excluding carboxylic acids is 2. The van der Waals surface area contributed by atoms with Crippen molar-refractivity contribution in [3.8, 4) is 0 Å². The summed E-state index contributed by atoms with van der Waals surface area (Å²) < 4.78 is 16.0. The fraction of sp³-hybridized carbons (Fsp3) is 0.273. The third-order valence-corrected chi connectivity index (χ3v) is 5.34. The molecule has 0 aromatic heterocycles. The highest BCUT2D eigenvalue weighted by Gasteiger charge is 2.63. The minimum atomic E-state index is -1.88. The maximum Gasteiger partial charge on any atom is 0.330 e. The number of benzene rings is 2. The second kappa shape index (κ2) is 8.46. The lowest BCUT2D eigenvalue weighted by atomic mass is 9.72. The molecule has 0 N–H and O–H groups in total. The molecule has 0 aliphatic carbocycles. The van der Waals surface area contributed by atoms with Crippen molar-refractivity contribution in [1.29, 1.82) is 0 Å². The van der Waals surface area contributed by atoms with E-state index in [1.807, 2.05) is 30.3 Å². The molecule has 1 heterocycles. The SMILES string of the molecule is COC(=O)C1(C(=O)OC)/C(=C(\C)c2ccccc2)COC1c1ccc([N+](=O)[O-])cc1. The number of nitro benzene ring substituents is 1. The van der Waals surface area contributed by atoms with Crippen LogP contribution in [0.4, 0.5) is 5.69 Å². The third-order valence-electron chi connectivity index (χ3n) is 5.34. The van der Waals surface area contributed by atoms with E-state index in [9.17, 15) is 19.7 Å². The summed E-state index contributed by atoms with van der Waals surface area (Å²) in [6.45, 7) is 1.79. The van der Waals surface area contributed by atoms with Gasteiger partial charge in [-0.15, -0.1) is 0 Å². The lowest BCUT2D eigenvalue weighted by Crippen LogP contribution is -2.45. The number of ether oxygens (including phenoxy) is 3. The summed E-state index contributed by atoms with van der Waals surface area (Å²) in [5.74, 6) is -1.64.